The Balaban J connectivity index is 1.84. The van der Waals surface area contributed by atoms with E-state index >= 15 is 0 Å². The number of benzene rings is 2. The summed E-state index contributed by atoms with van der Waals surface area (Å²) >= 11 is 4.81. The van der Waals surface area contributed by atoms with Crippen LogP contribution in [-0.2, 0) is 6.54 Å². The van der Waals surface area contributed by atoms with Gasteiger partial charge in [-0.25, -0.2) is 4.98 Å². The molecule has 0 aliphatic carbocycles. The SMILES string of the molecule is CCC(c1nc2sccc2c(=O)n1Cc1ccccc1)N(CCO)C(=O)c1ccc(Br)cc1. The molecule has 2 aromatic carbocycles. The lowest BCUT2D eigenvalue weighted by molar-refractivity contribution is 0.0610. The highest BCUT2D eigenvalue weighted by molar-refractivity contribution is 9.10. The Hall–Kier alpha value is -2.81. The summed E-state index contributed by atoms with van der Waals surface area (Å²) in [4.78, 5) is 34.1. The Kier molecular flexibility index (Phi) is 7.37. The van der Waals surface area contributed by atoms with Crippen molar-refractivity contribution in [2.45, 2.75) is 25.9 Å². The predicted octanol–water partition coefficient (Wildman–Crippen LogP) is 4.85. The first-order valence-corrected chi connectivity index (χ1v) is 12.4. The zero-order chi connectivity index (χ0) is 23.4. The van der Waals surface area contributed by atoms with Crippen molar-refractivity contribution in [3.05, 3.63) is 97.8 Å². The van der Waals surface area contributed by atoms with Gasteiger partial charge in [0.2, 0.25) is 0 Å². The average Bonchev–Trinajstić information content (AvgIpc) is 3.31. The fourth-order valence-corrected chi connectivity index (χ4v) is 4.97. The van der Waals surface area contributed by atoms with E-state index in [4.69, 9.17) is 4.98 Å². The number of fused-ring (bicyclic) bond motifs is 1. The van der Waals surface area contributed by atoms with E-state index in [-0.39, 0.29) is 24.6 Å². The molecule has 0 radical (unpaired) electrons. The number of hydrogen-bond acceptors (Lipinski definition) is 5. The molecule has 6 nitrogen and oxygen atoms in total. The molecule has 1 amide bonds. The molecule has 2 heterocycles. The minimum atomic E-state index is -0.476. The van der Waals surface area contributed by atoms with Crippen molar-refractivity contribution in [1.82, 2.24) is 14.5 Å². The van der Waals surface area contributed by atoms with Crippen molar-refractivity contribution in [2.75, 3.05) is 13.2 Å². The number of aliphatic hydroxyl groups is 1. The van der Waals surface area contributed by atoms with Crippen LogP contribution in [0.2, 0.25) is 0 Å². The van der Waals surface area contributed by atoms with Crippen molar-refractivity contribution >= 4 is 43.4 Å². The number of carbonyl (C=O) groups excluding carboxylic acids is 1. The summed E-state index contributed by atoms with van der Waals surface area (Å²) in [5.74, 6) is 0.315. The number of aliphatic hydroxyl groups excluding tert-OH is 1. The van der Waals surface area contributed by atoms with Crippen LogP contribution in [0.3, 0.4) is 0 Å². The third-order valence-electron chi connectivity index (χ3n) is 5.55. The van der Waals surface area contributed by atoms with E-state index in [9.17, 15) is 14.7 Å². The molecule has 1 N–H and O–H groups in total. The van der Waals surface area contributed by atoms with E-state index < -0.39 is 6.04 Å². The largest absolute Gasteiger partial charge is 0.395 e. The Morgan fingerprint density at radius 3 is 2.55 bits per heavy atom. The van der Waals surface area contributed by atoms with E-state index in [1.807, 2.05) is 54.8 Å². The van der Waals surface area contributed by atoms with Crippen molar-refractivity contribution in [2.24, 2.45) is 0 Å². The number of rotatable bonds is 8. The third-order valence-corrected chi connectivity index (χ3v) is 6.89. The summed E-state index contributed by atoms with van der Waals surface area (Å²) in [6.07, 6.45) is 0.542. The van der Waals surface area contributed by atoms with Crippen LogP contribution in [0.5, 0.6) is 0 Å². The maximum Gasteiger partial charge on any atom is 0.262 e. The summed E-state index contributed by atoms with van der Waals surface area (Å²) in [5.41, 5.74) is 1.36. The number of amides is 1. The van der Waals surface area contributed by atoms with Gasteiger partial charge in [-0.3, -0.25) is 14.2 Å². The highest BCUT2D eigenvalue weighted by Crippen LogP contribution is 2.27. The number of hydrogen-bond donors (Lipinski definition) is 1. The van der Waals surface area contributed by atoms with Crippen molar-refractivity contribution in [1.29, 1.82) is 0 Å². The smallest absolute Gasteiger partial charge is 0.262 e. The monoisotopic (exact) mass is 525 g/mol. The molecule has 33 heavy (non-hydrogen) atoms. The average molecular weight is 526 g/mol. The van der Waals surface area contributed by atoms with E-state index in [0.717, 1.165) is 10.0 Å². The van der Waals surface area contributed by atoms with Gasteiger partial charge in [-0.15, -0.1) is 11.3 Å². The molecular weight excluding hydrogens is 502 g/mol. The van der Waals surface area contributed by atoms with Crippen LogP contribution in [0.15, 0.2) is 75.3 Å². The minimum Gasteiger partial charge on any atom is -0.395 e. The van der Waals surface area contributed by atoms with Gasteiger partial charge in [-0.2, -0.15) is 0 Å². The molecule has 0 aliphatic rings. The summed E-state index contributed by atoms with van der Waals surface area (Å²) in [6.45, 7) is 2.26. The first kappa shape index (κ1) is 23.4. The lowest BCUT2D eigenvalue weighted by atomic mass is 10.1. The van der Waals surface area contributed by atoms with E-state index in [0.29, 0.717) is 34.6 Å². The van der Waals surface area contributed by atoms with Gasteiger partial charge in [-0.05, 0) is 47.7 Å². The van der Waals surface area contributed by atoms with Crippen LogP contribution in [0.1, 0.15) is 41.1 Å². The third kappa shape index (κ3) is 4.93. The summed E-state index contributed by atoms with van der Waals surface area (Å²) in [5, 5.41) is 12.2. The molecule has 0 saturated heterocycles. The minimum absolute atomic E-state index is 0.126. The molecular formula is C25H24BrN3O3S. The molecule has 1 atom stereocenters. The van der Waals surface area contributed by atoms with Crippen molar-refractivity contribution < 1.29 is 9.90 Å². The molecule has 8 heteroatoms. The van der Waals surface area contributed by atoms with Gasteiger partial charge < -0.3 is 10.0 Å². The van der Waals surface area contributed by atoms with Gasteiger partial charge in [0.25, 0.3) is 11.5 Å². The zero-order valence-electron chi connectivity index (χ0n) is 18.1. The van der Waals surface area contributed by atoms with E-state index in [1.54, 1.807) is 27.7 Å². The first-order chi connectivity index (χ1) is 16.0. The Morgan fingerprint density at radius 1 is 1.15 bits per heavy atom. The number of thiophene rings is 1. The van der Waals surface area contributed by atoms with Crippen LogP contribution >= 0.6 is 27.3 Å². The molecule has 2 aromatic heterocycles. The highest BCUT2D eigenvalue weighted by atomic mass is 79.9. The highest BCUT2D eigenvalue weighted by Gasteiger charge is 2.29. The number of carbonyl (C=O) groups is 1. The zero-order valence-corrected chi connectivity index (χ0v) is 20.6. The lowest BCUT2D eigenvalue weighted by Gasteiger charge is -2.32. The fourth-order valence-electron chi connectivity index (χ4n) is 3.94. The van der Waals surface area contributed by atoms with Crippen LogP contribution in [0.4, 0.5) is 0 Å². The van der Waals surface area contributed by atoms with Gasteiger partial charge in [0.05, 0.1) is 24.6 Å². The maximum absolute atomic E-state index is 13.5. The molecule has 1 unspecified atom stereocenters. The van der Waals surface area contributed by atoms with Crippen LogP contribution in [-0.4, -0.2) is 38.6 Å². The summed E-state index contributed by atoms with van der Waals surface area (Å²) in [7, 11) is 0. The van der Waals surface area contributed by atoms with Crippen molar-refractivity contribution in [3.63, 3.8) is 0 Å². The molecule has 0 bridgehead atoms. The summed E-state index contributed by atoms with van der Waals surface area (Å²) in [6, 6.07) is 18.2. The van der Waals surface area contributed by atoms with Gasteiger partial charge in [0, 0.05) is 16.6 Å². The molecule has 0 saturated carbocycles. The Labute approximate surface area is 204 Å². The van der Waals surface area contributed by atoms with Gasteiger partial charge >= 0.3 is 0 Å². The number of nitrogens with zero attached hydrogens (tertiary/aromatic N) is 3. The second-order valence-corrected chi connectivity index (χ2v) is 9.45. The number of aromatic nitrogens is 2. The Bertz CT molecular complexity index is 1300. The molecule has 0 spiro atoms. The van der Waals surface area contributed by atoms with Crippen LogP contribution < -0.4 is 5.56 Å². The molecule has 4 rings (SSSR count). The maximum atomic E-state index is 13.5. The standard InChI is InChI=1S/C25H24BrN3O3S/c1-2-21(28(13-14-30)24(31)18-8-10-19(26)11-9-18)22-27-23-20(12-15-33-23)25(32)29(22)16-17-6-4-3-5-7-17/h3-12,15,21,30H,2,13-14,16H2,1H3. The lowest BCUT2D eigenvalue weighted by Crippen LogP contribution is -2.40. The van der Waals surface area contributed by atoms with E-state index in [2.05, 4.69) is 15.9 Å². The first-order valence-electron chi connectivity index (χ1n) is 10.7. The molecule has 4 aromatic rings. The molecule has 170 valence electrons. The topological polar surface area (TPSA) is 75.4 Å². The van der Waals surface area contributed by atoms with Gasteiger partial charge in [-0.1, -0.05) is 53.2 Å². The molecule has 0 fully saturated rings. The summed E-state index contributed by atoms with van der Waals surface area (Å²) < 4.78 is 2.54. The van der Waals surface area contributed by atoms with Gasteiger partial charge in [0.1, 0.15) is 10.7 Å². The molecule has 0 aliphatic heterocycles. The van der Waals surface area contributed by atoms with Crippen molar-refractivity contribution in [3.8, 4) is 0 Å². The van der Waals surface area contributed by atoms with Gasteiger partial charge in [0.15, 0.2) is 0 Å². The number of halogens is 1. The predicted molar refractivity (Wildman–Crippen MR) is 135 cm³/mol. The quantitative estimate of drug-likeness (QED) is 0.356. The van der Waals surface area contributed by atoms with E-state index in [1.165, 1.54) is 11.3 Å². The van der Waals surface area contributed by atoms with Crippen LogP contribution in [0, 0.1) is 0 Å². The normalized spacial score (nSPS) is 12.1. The fraction of sp³-hybridized carbons (Fsp3) is 0.240. The van der Waals surface area contributed by atoms with Crippen LogP contribution in [0.25, 0.3) is 10.2 Å². The second kappa shape index (κ2) is 10.4. The Morgan fingerprint density at radius 2 is 1.88 bits per heavy atom. The second-order valence-electron chi connectivity index (χ2n) is 7.64.